The second-order valence-corrected chi connectivity index (χ2v) is 3.75. The molecule has 0 heterocycles. The highest BCUT2D eigenvalue weighted by molar-refractivity contribution is 5.88. The van der Waals surface area contributed by atoms with E-state index in [2.05, 4.69) is 5.32 Å². The lowest BCUT2D eigenvalue weighted by atomic mass is 10.2. The van der Waals surface area contributed by atoms with Gasteiger partial charge < -0.3 is 25.7 Å². The third-order valence-corrected chi connectivity index (χ3v) is 2.08. The topological polar surface area (TPSA) is 136 Å². The number of carboxylic acids is 2. The van der Waals surface area contributed by atoms with Crippen LogP contribution >= 0.6 is 0 Å². The fourth-order valence-corrected chi connectivity index (χ4v) is 1.17. The summed E-state index contributed by atoms with van der Waals surface area (Å²) in [5.41, 5.74) is 0. The van der Waals surface area contributed by atoms with E-state index in [4.69, 9.17) is 10.2 Å². The van der Waals surface area contributed by atoms with Crippen LogP contribution in [0.5, 0.6) is 0 Å². The first-order chi connectivity index (χ1) is 8.77. The molecular formula is C10H17N3O6. The van der Waals surface area contributed by atoms with Crippen LogP contribution in [0.25, 0.3) is 0 Å². The Morgan fingerprint density at radius 3 is 2.21 bits per heavy atom. The Hall–Kier alpha value is -2.32. The molecule has 4 N–H and O–H groups in total. The molecule has 0 aliphatic rings. The van der Waals surface area contributed by atoms with Crippen molar-refractivity contribution in [2.24, 2.45) is 0 Å². The fraction of sp³-hybridized carbons (Fsp3) is 0.600. The Bertz CT molecular complexity index is 370. The Kier molecular flexibility index (Phi) is 6.94. The molecule has 19 heavy (non-hydrogen) atoms. The molecule has 0 aromatic heterocycles. The molecule has 0 saturated heterocycles. The van der Waals surface area contributed by atoms with Gasteiger partial charge in [-0.25, -0.2) is 9.59 Å². The number of aliphatic carboxylic acids is 2. The fourth-order valence-electron chi connectivity index (χ4n) is 1.17. The molecule has 1 atom stereocenters. The lowest BCUT2D eigenvalue weighted by molar-refractivity contribution is -0.145. The molecular weight excluding hydrogens is 258 g/mol. The quantitative estimate of drug-likeness (QED) is 0.455. The van der Waals surface area contributed by atoms with E-state index in [1.807, 2.05) is 5.32 Å². The molecule has 3 amide bonds. The van der Waals surface area contributed by atoms with E-state index in [0.717, 1.165) is 4.90 Å². The highest BCUT2D eigenvalue weighted by Gasteiger charge is 2.24. The van der Waals surface area contributed by atoms with Gasteiger partial charge in [0.2, 0.25) is 5.91 Å². The molecule has 0 rings (SSSR count). The van der Waals surface area contributed by atoms with Crippen LogP contribution in [0.1, 0.15) is 13.3 Å². The number of carbonyl (C=O) groups is 4. The van der Waals surface area contributed by atoms with E-state index in [-0.39, 0.29) is 6.54 Å². The molecule has 0 spiro atoms. The van der Waals surface area contributed by atoms with Gasteiger partial charge in [-0.1, -0.05) is 0 Å². The Labute approximate surface area is 109 Å². The van der Waals surface area contributed by atoms with E-state index >= 15 is 0 Å². The first kappa shape index (κ1) is 16.7. The van der Waals surface area contributed by atoms with E-state index in [1.54, 1.807) is 6.92 Å². The zero-order valence-corrected chi connectivity index (χ0v) is 10.7. The molecule has 0 unspecified atom stereocenters. The number of carboxylic acid groups (broad SMARTS) is 2. The summed E-state index contributed by atoms with van der Waals surface area (Å²) in [6, 6.07) is -2.37. The normalized spacial score (nSPS) is 11.3. The van der Waals surface area contributed by atoms with Crippen molar-refractivity contribution in [2.45, 2.75) is 19.4 Å². The van der Waals surface area contributed by atoms with Crippen LogP contribution in [0.15, 0.2) is 0 Å². The Morgan fingerprint density at radius 1 is 1.21 bits per heavy atom. The van der Waals surface area contributed by atoms with Gasteiger partial charge in [-0.3, -0.25) is 9.59 Å². The Morgan fingerprint density at radius 2 is 1.79 bits per heavy atom. The monoisotopic (exact) mass is 275 g/mol. The molecule has 9 nitrogen and oxygen atoms in total. The summed E-state index contributed by atoms with van der Waals surface area (Å²) < 4.78 is 0. The second kappa shape index (κ2) is 7.90. The first-order valence-electron chi connectivity index (χ1n) is 5.50. The van der Waals surface area contributed by atoms with Gasteiger partial charge in [0, 0.05) is 13.6 Å². The summed E-state index contributed by atoms with van der Waals surface area (Å²) in [5, 5.41) is 21.7. The molecule has 108 valence electrons. The zero-order chi connectivity index (χ0) is 15.0. The van der Waals surface area contributed by atoms with Crippen molar-refractivity contribution in [3.63, 3.8) is 0 Å². The van der Waals surface area contributed by atoms with Crippen molar-refractivity contribution < 1.29 is 29.4 Å². The predicted molar refractivity (Wildman–Crippen MR) is 63.5 cm³/mol. The van der Waals surface area contributed by atoms with Gasteiger partial charge in [0.25, 0.3) is 0 Å². The maximum Gasteiger partial charge on any atom is 0.326 e. The summed E-state index contributed by atoms with van der Waals surface area (Å²) in [4.78, 5) is 44.9. The van der Waals surface area contributed by atoms with Gasteiger partial charge in [-0.15, -0.1) is 0 Å². The van der Waals surface area contributed by atoms with Crippen molar-refractivity contribution in [1.29, 1.82) is 0 Å². The number of likely N-dealkylation sites (N-methyl/N-ethyl adjacent to an activating group) is 2. The molecule has 0 aliphatic heterocycles. The molecule has 0 aromatic carbocycles. The number of hydrogen-bond acceptors (Lipinski definition) is 4. The number of hydrogen-bond donors (Lipinski definition) is 4. The van der Waals surface area contributed by atoms with Crippen molar-refractivity contribution in [3.8, 4) is 0 Å². The number of nitrogens with zero attached hydrogens (tertiary/aromatic N) is 1. The summed E-state index contributed by atoms with van der Waals surface area (Å²) >= 11 is 0. The van der Waals surface area contributed by atoms with E-state index in [9.17, 15) is 19.2 Å². The number of carbonyl (C=O) groups excluding carboxylic acids is 2. The van der Waals surface area contributed by atoms with Gasteiger partial charge in [-0.2, -0.15) is 0 Å². The average Bonchev–Trinajstić information content (AvgIpc) is 2.27. The summed E-state index contributed by atoms with van der Waals surface area (Å²) in [6.45, 7) is 1.87. The number of nitrogens with one attached hydrogen (secondary N) is 2. The maximum absolute atomic E-state index is 11.6. The van der Waals surface area contributed by atoms with Crippen molar-refractivity contribution in [1.82, 2.24) is 15.5 Å². The predicted octanol–water partition coefficient (Wildman–Crippen LogP) is -1.31. The van der Waals surface area contributed by atoms with Crippen LogP contribution < -0.4 is 10.6 Å². The van der Waals surface area contributed by atoms with Crippen LogP contribution in [0.2, 0.25) is 0 Å². The summed E-state index contributed by atoms with van der Waals surface area (Å²) in [6.07, 6.45) is -0.740. The summed E-state index contributed by atoms with van der Waals surface area (Å²) in [7, 11) is 1.30. The van der Waals surface area contributed by atoms with Crippen LogP contribution in [-0.2, 0) is 14.4 Å². The van der Waals surface area contributed by atoms with E-state index < -0.39 is 36.3 Å². The first-order valence-corrected chi connectivity index (χ1v) is 5.50. The van der Waals surface area contributed by atoms with Gasteiger partial charge in [0.15, 0.2) is 0 Å². The van der Waals surface area contributed by atoms with Crippen LogP contribution in [0, 0.1) is 0 Å². The van der Waals surface area contributed by atoms with Gasteiger partial charge in [-0.05, 0) is 6.92 Å². The number of urea groups is 1. The highest BCUT2D eigenvalue weighted by Crippen LogP contribution is 1.95. The third kappa shape index (κ3) is 6.86. The maximum atomic E-state index is 11.6. The SMILES string of the molecule is CCNC(=O)CN(C)C(=O)N[C@H](CC(=O)O)C(=O)O. The average molecular weight is 275 g/mol. The number of rotatable bonds is 7. The molecule has 0 fully saturated rings. The molecule has 0 radical (unpaired) electrons. The molecule has 9 heteroatoms. The molecule has 0 aliphatic carbocycles. The molecule has 0 aromatic rings. The lowest BCUT2D eigenvalue weighted by Gasteiger charge is -2.20. The van der Waals surface area contributed by atoms with Gasteiger partial charge in [0.1, 0.15) is 12.6 Å². The van der Waals surface area contributed by atoms with Crippen molar-refractivity contribution in [3.05, 3.63) is 0 Å². The minimum Gasteiger partial charge on any atom is -0.481 e. The smallest absolute Gasteiger partial charge is 0.326 e. The van der Waals surface area contributed by atoms with E-state index in [1.165, 1.54) is 7.05 Å². The molecule has 0 bridgehead atoms. The third-order valence-electron chi connectivity index (χ3n) is 2.08. The van der Waals surface area contributed by atoms with Gasteiger partial charge in [0.05, 0.1) is 6.42 Å². The molecule has 0 saturated carbocycles. The number of amides is 3. The largest absolute Gasteiger partial charge is 0.481 e. The lowest BCUT2D eigenvalue weighted by Crippen LogP contribution is -2.49. The second-order valence-electron chi connectivity index (χ2n) is 3.75. The summed E-state index contributed by atoms with van der Waals surface area (Å²) in [5.74, 6) is -3.20. The van der Waals surface area contributed by atoms with Crippen LogP contribution in [-0.4, -0.2) is 65.2 Å². The minimum absolute atomic E-state index is 0.251. The van der Waals surface area contributed by atoms with Gasteiger partial charge >= 0.3 is 18.0 Å². The van der Waals surface area contributed by atoms with Crippen LogP contribution in [0.3, 0.4) is 0 Å². The minimum atomic E-state index is -1.54. The van der Waals surface area contributed by atoms with Crippen molar-refractivity contribution in [2.75, 3.05) is 20.1 Å². The Balaban J connectivity index is 4.42. The standard InChI is InChI=1S/C10H17N3O6/c1-3-11-7(14)5-13(2)10(19)12-6(9(17)18)4-8(15)16/h6H,3-5H2,1-2H3,(H,11,14)(H,12,19)(H,15,16)(H,17,18)/t6-/m1/s1. The van der Waals surface area contributed by atoms with Crippen LogP contribution in [0.4, 0.5) is 4.79 Å². The zero-order valence-electron chi connectivity index (χ0n) is 10.7. The van der Waals surface area contributed by atoms with E-state index in [0.29, 0.717) is 6.54 Å². The van der Waals surface area contributed by atoms with Crippen molar-refractivity contribution >= 4 is 23.9 Å². The highest BCUT2D eigenvalue weighted by atomic mass is 16.4.